The molecule has 1 N–H and O–H groups in total. The molecule has 1 heterocycles. The molecule has 0 bridgehead atoms. The van der Waals surface area contributed by atoms with E-state index < -0.39 is 0 Å². The van der Waals surface area contributed by atoms with E-state index in [1.165, 1.54) is 38.6 Å². The molecule has 2 nitrogen and oxygen atoms in total. The molecule has 0 spiro atoms. The molecule has 0 amide bonds. The third-order valence-corrected chi connectivity index (χ3v) is 3.47. The van der Waals surface area contributed by atoms with Crippen molar-refractivity contribution < 1.29 is 4.74 Å². The standard InChI is InChI=1S/C12H21NO/c1-14-12-6-4-10(5-7-12)9-11-3-2-8-13-11/h4,6,10-13H,2-3,5,7-9H2,1H3. The molecular formula is C12H21NO. The fourth-order valence-corrected chi connectivity index (χ4v) is 2.57. The van der Waals surface area contributed by atoms with E-state index in [4.69, 9.17) is 4.74 Å². The maximum atomic E-state index is 5.31. The molecule has 1 fully saturated rings. The summed E-state index contributed by atoms with van der Waals surface area (Å²) < 4.78 is 5.31. The van der Waals surface area contributed by atoms with E-state index in [2.05, 4.69) is 17.5 Å². The van der Waals surface area contributed by atoms with Crippen LogP contribution >= 0.6 is 0 Å². The van der Waals surface area contributed by atoms with Gasteiger partial charge in [0.1, 0.15) is 0 Å². The molecule has 0 aromatic rings. The lowest BCUT2D eigenvalue weighted by atomic mass is 9.88. The van der Waals surface area contributed by atoms with E-state index in [-0.39, 0.29) is 0 Å². The summed E-state index contributed by atoms with van der Waals surface area (Å²) in [6.07, 6.45) is 11.5. The van der Waals surface area contributed by atoms with Gasteiger partial charge in [-0.25, -0.2) is 0 Å². The minimum Gasteiger partial charge on any atom is -0.377 e. The topological polar surface area (TPSA) is 21.3 Å². The summed E-state index contributed by atoms with van der Waals surface area (Å²) in [7, 11) is 1.80. The maximum Gasteiger partial charge on any atom is 0.0752 e. The van der Waals surface area contributed by atoms with Gasteiger partial charge in [-0.2, -0.15) is 0 Å². The number of ether oxygens (including phenoxy) is 1. The van der Waals surface area contributed by atoms with Gasteiger partial charge >= 0.3 is 0 Å². The first-order valence-corrected chi connectivity index (χ1v) is 5.83. The predicted octanol–water partition coefficient (Wildman–Crippen LogP) is 2.11. The van der Waals surface area contributed by atoms with Gasteiger partial charge in [-0.05, 0) is 44.6 Å². The summed E-state index contributed by atoms with van der Waals surface area (Å²) in [5.74, 6) is 0.789. The van der Waals surface area contributed by atoms with Crippen LogP contribution in [-0.4, -0.2) is 25.8 Å². The Labute approximate surface area is 86.7 Å². The van der Waals surface area contributed by atoms with Crippen LogP contribution in [0, 0.1) is 5.92 Å². The summed E-state index contributed by atoms with van der Waals surface area (Å²) >= 11 is 0. The highest BCUT2D eigenvalue weighted by Crippen LogP contribution is 2.25. The van der Waals surface area contributed by atoms with Crippen LogP contribution in [-0.2, 0) is 4.74 Å². The largest absolute Gasteiger partial charge is 0.377 e. The van der Waals surface area contributed by atoms with E-state index in [0.717, 1.165) is 12.0 Å². The van der Waals surface area contributed by atoms with Crippen LogP contribution in [0.3, 0.4) is 0 Å². The lowest BCUT2D eigenvalue weighted by Gasteiger charge is -2.24. The Morgan fingerprint density at radius 3 is 2.79 bits per heavy atom. The van der Waals surface area contributed by atoms with E-state index in [1.54, 1.807) is 7.11 Å². The van der Waals surface area contributed by atoms with Crippen molar-refractivity contribution in [3.63, 3.8) is 0 Å². The normalized spacial score (nSPS) is 37.6. The van der Waals surface area contributed by atoms with Crippen molar-refractivity contribution in [2.24, 2.45) is 5.92 Å². The molecule has 3 atom stereocenters. The van der Waals surface area contributed by atoms with E-state index in [0.29, 0.717) is 6.10 Å². The molecule has 2 aliphatic rings. The zero-order chi connectivity index (χ0) is 9.80. The Morgan fingerprint density at radius 2 is 2.21 bits per heavy atom. The number of rotatable bonds is 3. The van der Waals surface area contributed by atoms with Gasteiger partial charge in [-0.1, -0.05) is 12.2 Å². The van der Waals surface area contributed by atoms with E-state index >= 15 is 0 Å². The Balaban J connectivity index is 1.76. The summed E-state index contributed by atoms with van der Waals surface area (Å²) in [4.78, 5) is 0. The van der Waals surface area contributed by atoms with Crippen molar-refractivity contribution >= 4 is 0 Å². The van der Waals surface area contributed by atoms with Gasteiger partial charge in [0.05, 0.1) is 6.10 Å². The smallest absolute Gasteiger partial charge is 0.0752 e. The van der Waals surface area contributed by atoms with Crippen LogP contribution in [0.5, 0.6) is 0 Å². The Hall–Kier alpha value is -0.340. The molecule has 1 saturated heterocycles. The Kier molecular flexibility index (Phi) is 3.60. The van der Waals surface area contributed by atoms with Crippen molar-refractivity contribution in [2.45, 2.75) is 44.2 Å². The minimum absolute atomic E-state index is 0.378. The molecule has 0 radical (unpaired) electrons. The van der Waals surface area contributed by atoms with Gasteiger partial charge in [-0.15, -0.1) is 0 Å². The molecular weight excluding hydrogens is 174 g/mol. The molecule has 0 saturated carbocycles. The molecule has 2 rings (SSSR count). The van der Waals surface area contributed by atoms with Gasteiger partial charge in [0, 0.05) is 13.2 Å². The second kappa shape index (κ2) is 4.94. The van der Waals surface area contributed by atoms with Crippen molar-refractivity contribution in [3.05, 3.63) is 12.2 Å². The van der Waals surface area contributed by atoms with E-state index in [1.807, 2.05) is 0 Å². The van der Waals surface area contributed by atoms with Crippen molar-refractivity contribution in [1.29, 1.82) is 0 Å². The third kappa shape index (κ3) is 2.58. The SMILES string of the molecule is COC1C=CC(CC2CCCN2)CC1. The molecule has 1 aliphatic carbocycles. The monoisotopic (exact) mass is 195 g/mol. The van der Waals surface area contributed by atoms with Gasteiger partial charge in [-0.3, -0.25) is 0 Å². The van der Waals surface area contributed by atoms with Gasteiger partial charge in [0.25, 0.3) is 0 Å². The molecule has 0 aromatic carbocycles. The fraction of sp³-hybridized carbons (Fsp3) is 0.833. The van der Waals surface area contributed by atoms with Crippen LogP contribution in [0.25, 0.3) is 0 Å². The highest BCUT2D eigenvalue weighted by Gasteiger charge is 2.21. The number of hydrogen-bond acceptors (Lipinski definition) is 2. The molecule has 14 heavy (non-hydrogen) atoms. The van der Waals surface area contributed by atoms with Crippen LogP contribution in [0.1, 0.15) is 32.1 Å². The molecule has 3 unspecified atom stereocenters. The number of hydrogen-bond donors (Lipinski definition) is 1. The Bertz CT molecular complexity index is 196. The van der Waals surface area contributed by atoms with Crippen molar-refractivity contribution in [1.82, 2.24) is 5.32 Å². The predicted molar refractivity (Wildman–Crippen MR) is 58.3 cm³/mol. The van der Waals surface area contributed by atoms with Crippen LogP contribution < -0.4 is 5.32 Å². The number of nitrogens with one attached hydrogen (secondary N) is 1. The summed E-state index contributed by atoms with van der Waals surface area (Å²) in [5, 5.41) is 3.56. The summed E-state index contributed by atoms with van der Waals surface area (Å²) in [6.45, 7) is 1.22. The lowest BCUT2D eigenvalue weighted by Crippen LogP contribution is -2.25. The summed E-state index contributed by atoms with van der Waals surface area (Å²) in [6, 6.07) is 0.781. The van der Waals surface area contributed by atoms with Crippen LogP contribution in [0.2, 0.25) is 0 Å². The average Bonchev–Trinajstić information content (AvgIpc) is 2.72. The third-order valence-electron chi connectivity index (χ3n) is 3.47. The van der Waals surface area contributed by atoms with E-state index in [9.17, 15) is 0 Å². The highest BCUT2D eigenvalue weighted by molar-refractivity contribution is 5.00. The number of methoxy groups -OCH3 is 1. The first-order chi connectivity index (χ1) is 6.88. The average molecular weight is 195 g/mol. The zero-order valence-corrected chi connectivity index (χ0v) is 9.04. The second-order valence-corrected chi connectivity index (χ2v) is 4.53. The lowest BCUT2D eigenvalue weighted by molar-refractivity contribution is 0.121. The Morgan fingerprint density at radius 1 is 1.29 bits per heavy atom. The summed E-state index contributed by atoms with van der Waals surface area (Å²) in [5.41, 5.74) is 0. The fourth-order valence-electron chi connectivity index (χ4n) is 2.57. The van der Waals surface area contributed by atoms with Crippen molar-refractivity contribution in [2.75, 3.05) is 13.7 Å². The number of allylic oxidation sites excluding steroid dienone is 1. The van der Waals surface area contributed by atoms with Crippen LogP contribution in [0.15, 0.2) is 12.2 Å². The first kappa shape index (κ1) is 10.2. The van der Waals surface area contributed by atoms with Crippen molar-refractivity contribution in [3.8, 4) is 0 Å². The van der Waals surface area contributed by atoms with Gasteiger partial charge in [0.2, 0.25) is 0 Å². The quantitative estimate of drug-likeness (QED) is 0.696. The minimum atomic E-state index is 0.378. The molecule has 0 aromatic heterocycles. The molecule has 1 aliphatic heterocycles. The van der Waals surface area contributed by atoms with Gasteiger partial charge < -0.3 is 10.1 Å². The molecule has 80 valence electrons. The maximum absolute atomic E-state index is 5.31. The first-order valence-electron chi connectivity index (χ1n) is 5.83. The second-order valence-electron chi connectivity index (χ2n) is 4.53. The highest BCUT2D eigenvalue weighted by atomic mass is 16.5. The molecule has 2 heteroatoms. The van der Waals surface area contributed by atoms with Gasteiger partial charge in [0.15, 0.2) is 0 Å². The zero-order valence-electron chi connectivity index (χ0n) is 9.04. The van der Waals surface area contributed by atoms with Crippen LogP contribution in [0.4, 0.5) is 0 Å².